The third kappa shape index (κ3) is 2.77. The van der Waals surface area contributed by atoms with Crippen LogP contribution in [0.15, 0.2) is 55.1 Å². The van der Waals surface area contributed by atoms with Crippen molar-refractivity contribution < 1.29 is 22.4 Å². The van der Waals surface area contributed by atoms with E-state index in [0.29, 0.717) is 16.9 Å². The number of rotatable bonds is 6. The largest absolute Gasteiger partial charge is 0.466 e. The molecule has 0 unspecified atom stereocenters. The summed E-state index contributed by atoms with van der Waals surface area (Å²) >= 11 is 0. The molecule has 1 saturated carbocycles. The highest BCUT2D eigenvalue weighted by Gasteiger charge is 2.47. The number of hydrogen-bond donors (Lipinski definition) is 2. The molecule has 8 nitrogen and oxygen atoms in total. The summed E-state index contributed by atoms with van der Waals surface area (Å²) in [5.74, 6) is -0.271. The molecule has 0 bridgehead atoms. The van der Waals surface area contributed by atoms with Gasteiger partial charge in [0, 0.05) is 13.6 Å². The molecule has 0 amide bonds. The molecule has 26 heavy (non-hydrogen) atoms. The van der Waals surface area contributed by atoms with Crippen LogP contribution in [0.3, 0.4) is 0 Å². The number of nitrogens with one attached hydrogen (secondary N) is 1. The van der Waals surface area contributed by atoms with Gasteiger partial charge in [0.25, 0.3) is 0 Å². The van der Waals surface area contributed by atoms with E-state index in [4.69, 9.17) is 8.83 Å². The molecule has 1 fully saturated rings. The van der Waals surface area contributed by atoms with Crippen molar-refractivity contribution >= 4 is 21.1 Å². The molecule has 1 aliphatic carbocycles. The van der Waals surface area contributed by atoms with E-state index >= 15 is 0 Å². The average Bonchev–Trinajstić information content (AvgIpc) is 3.25. The van der Waals surface area contributed by atoms with Gasteiger partial charge in [-0.2, -0.15) is 0 Å². The summed E-state index contributed by atoms with van der Waals surface area (Å²) in [6.07, 6.45) is 3.06. The number of aryl methyl sites for hydroxylation is 1. The lowest BCUT2D eigenvalue weighted by Crippen LogP contribution is -2.42. The maximum atomic E-state index is 12.7. The van der Waals surface area contributed by atoms with Gasteiger partial charge in [-0.3, -0.25) is 4.57 Å². The lowest BCUT2D eigenvalue weighted by Gasteiger charge is -2.26. The number of oxazole rings is 1. The quantitative estimate of drug-likeness (QED) is 0.668. The van der Waals surface area contributed by atoms with Crippen molar-refractivity contribution in [1.82, 2.24) is 9.29 Å². The highest BCUT2D eigenvalue weighted by molar-refractivity contribution is 7.89. The molecule has 2 N–H and O–H groups in total. The molecular formula is C17H18N2O6S. The summed E-state index contributed by atoms with van der Waals surface area (Å²) in [7, 11) is -2.40. The van der Waals surface area contributed by atoms with Gasteiger partial charge in [0.05, 0.1) is 16.7 Å². The van der Waals surface area contributed by atoms with E-state index < -0.39 is 21.4 Å². The van der Waals surface area contributed by atoms with Crippen LogP contribution in [0.25, 0.3) is 11.1 Å². The van der Waals surface area contributed by atoms with Gasteiger partial charge in [0.2, 0.25) is 10.0 Å². The minimum Gasteiger partial charge on any atom is -0.466 e. The fourth-order valence-corrected chi connectivity index (χ4v) is 4.17. The standard InChI is InChI=1S/C17H18N2O6S/c1-19-13-9-12(6-7-14(13)25-16(19)20)26(22,23)18-10-17(21,11-4-5-11)15-3-2-8-24-15/h2-3,6-9,11,18,21H,4-5,10H2,1H3/t17-/m0/s1. The fourth-order valence-electron chi connectivity index (χ4n) is 3.08. The summed E-state index contributed by atoms with van der Waals surface area (Å²) in [5.41, 5.74) is -0.703. The fraction of sp³-hybridized carbons (Fsp3) is 0.353. The van der Waals surface area contributed by atoms with E-state index in [-0.39, 0.29) is 17.4 Å². The first-order valence-corrected chi connectivity index (χ1v) is 9.65. The van der Waals surface area contributed by atoms with Crippen molar-refractivity contribution in [3.63, 3.8) is 0 Å². The Bertz CT molecular complexity index is 1110. The van der Waals surface area contributed by atoms with Crippen molar-refractivity contribution in [2.75, 3.05) is 6.54 Å². The van der Waals surface area contributed by atoms with E-state index in [1.54, 1.807) is 12.1 Å². The highest BCUT2D eigenvalue weighted by atomic mass is 32.2. The van der Waals surface area contributed by atoms with Gasteiger partial charge in [0.15, 0.2) is 5.58 Å². The van der Waals surface area contributed by atoms with Gasteiger partial charge in [-0.25, -0.2) is 17.9 Å². The van der Waals surface area contributed by atoms with Gasteiger partial charge in [-0.15, -0.1) is 0 Å². The van der Waals surface area contributed by atoms with E-state index in [9.17, 15) is 18.3 Å². The summed E-state index contributed by atoms with van der Waals surface area (Å²) < 4.78 is 39.4. The normalized spacial score (nSPS) is 17.5. The number of aromatic nitrogens is 1. The molecule has 0 saturated heterocycles. The van der Waals surface area contributed by atoms with Crippen LogP contribution in [0.4, 0.5) is 0 Å². The van der Waals surface area contributed by atoms with Crippen molar-refractivity contribution in [3.05, 3.63) is 52.9 Å². The lowest BCUT2D eigenvalue weighted by atomic mass is 9.95. The zero-order valence-corrected chi connectivity index (χ0v) is 14.8. The first kappa shape index (κ1) is 17.1. The first-order valence-electron chi connectivity index (χ1n) is 8.17. The average molecular weight is 378 g/mol. The molecule has 0 radical (unpaired) electrons. The second-order valence-electron chi connectivity index (χ2n) is 6.56. The first-order chi connectivity index (χ1) is 12.3. The van der Waals surface area contributed by atoms with E-state index in [1.165, 1.54) is 36.1 Å². The molecule has 1 aliphatic rings. The van der Waals surface area contributed by atoms with Crippen molar-refractivity contribution in [3.8, 4) is 0 Å². The van der Waals surface area contributed by atoms with Gasteiger partial charge in [0.1, 0.15) is 11.4 Å². The number of furan rings is 1. The number of hydrogen-bond acceptors (Lipinski definition) is 6. The zero-order chi connectivity index (χ0) is 18.5. The van der Waals surface area contributed by atoms with Crippen LogP contribution < -0.4 is 10.5 Å². The van der Waals surface area contributed by atoms with Crippen LogP contribution in [0.2, 0.25) is 0 Å². The Balaban J connectivity index is 1.63. The minimum absolute atomic E-state index is 0.0148. The maximum Gasteiger partial charge on any atom is 0.419 e. The van der Waals surface area contributed by atoms with Crippen LogP contribution >= 0.6 is 0 Å². The topological polar surface area (TPSA) is 115 Å². The molecule has 9 heteroatoms. The van der Waals surface area contributed by atoms with E-state index in [2.05, 4.69) is 4.72 Å². The second-order valence-corrected chi connectivity index (χ2v) is 8.32. The van der Waals surface area contributed by atoms with Crippen LogP contribution in [0, 0.1) is 5.92 Å². The molecule has 1 atom stereocenters. The number of aliphatic hydroxyl groups is 1. The Hall–Kier alpha value is -2.36. The molecule has 2 aromatic heterocycles. The van der Waals surface area contributed by atoms with Crippen LogP contribution in [0.1, 0.15) is 18.6 Å². The highest BCUT2D eigenvalue weighted by Crippen LogP contribution is 2.45. The van der Waals surface area contributed by atoms with Gasteiger partial charge in [-0.1, -0.05) is 0 Å². The Morgan fingerprint density at radius 2 is 2.12 bits per heavy atom. The lowest BCUT2D eigenvalue weighted by molar-refractivity contribution is -0.00224. The Morgan fingerprint density at radius 1 is 1.35 bits per heavy atom. The predicted molar refractivity (Wildman–Crippen MR) is 92.0 cm³/mol. The summed E-state index contributed by atoms with van der Waals surface area (Å²) in [4.78, 5) is 11.5. The summed E-state index contributed by atoms with van der Waals surface area (Å²) in [5, 5.41) is 11.0. The van der Waals surface area contributed by atoms with E-state index in [1.807, 2.05) is 0 Å². The second kappa shape index (κ2) is 5.83. The number of benzene rings is 1. The van der Waals surface area contributed by atoms with Gasteiger partial charge >= 0.3 is 5.76 Å². The molecule has 0 aliphatic heterocycles. The van der Waals surface area contributed by atoms with Crippen LogP contribution in [0.5, 0.6) is 0 Å². The smallest absolute Gasteiger partial charge is 0.419 e. The van der Waals surface area contributed by atoms with Crippen LogP contribution in [-0.2, 0) is 22.7 Å². The summed E-state index contributed by atoms with van der Waals surface area (Å²) in [6, 6.07) is 7.46. The number of fused-ring (bicyclic) bond motifs is 1. The third-order valence-corrected chi connectivity index (χ3v) is 6.20. The molecule has 0 spiro atoms. The molecule has 1 aromatic carbocycles. The molecular weight excluding hydrogens is 360 g/mol. The van der Waals surface area contributed by atoms with Crippen LogP contribution in [-0.4, -0.2) is 24.6 Å². The van der Waals surface area contributed by atoms with Crippen molar-refractivity contribution in [2.45, 2.75) is 23.3 Å². The third-order valence-electron chi connectivity index (χ3n) is 4.81. The summed E-state index contributed by atoms with van der Waals surface area (Å²) in [6.45, 7) is -0.199. The molecule has 2 heterocycles. The Kier molecular flexibility index (Phi) is 3.83. The predicted octanol–water partition coefficient (Wildman–Crippen LogP) is 1.30. The molecule has 138 valence electrons. The zero-order valence-electron chi connectivity index (χ0n) is 14.0. The number of sulfonamides is 1. The monoisotopic (exact) mass is 378 g/mol. The van der Waals surface area contributed by atoms with Gasteiger partial charge in [-0.05, 0) is 49.1 Å². The molecule has 4 rings (SSSR count). The van der Waals surface area contributed by atoms with Gasteiger partial charge < -0.3 is 13.9 Å². The Labute approximate surface area is 149 Å². The molecule has 3 aromatic rings. The maximum absolute atomic E-state index is 12.7. The SMILES string of the molecule is Cn1c(=O)oc2ccc(S(=O)(=O)NC[C@@](O)(c3ccco3)C3CC3)cc21. The van der Waals surface area contributed by atoms with Crippen molar-refractivity contribution in [1.29, 1.82) is 0 Å². The van der Waals surface area contributed by atoms with Crippen molar-refractivity contribution in [2.24, 2.45) is 13.0 Å². The number of nitrogens with zero attached hydrogens (tertiary/aromatic N) is 1. The van der Waals surface area contributed by atoms with E-state index in [0.717, 1.165) is 12.8 Å². The Morgan fingerprint density at radius 3 is 2.77 bits per heavy atom. The minimum atomic E-state index is -3.90.